The van der Waals surface area contributed by atoms with Gasteiger partial charge in [0.05, 0.1) is 12.9 Å². The van der Waals surface area contributed by atoms with Crippen LogP contribution in [-0.2, 0) is 21.9 Å². The number of hydrogen-bond acceptors (Lipinski definition) is 4. The molecule has 2 rings (SSSR count). The van der Waals surface area contributed by atoms with Crippen LogP contribution in [0, 0.1) is 0 Å². The SMILES string of the molecule is CCNC(=O)C(C)N(Cc1ccc(OC)cc1)C(=O)CSCc1ccccc1Cl. The number of halogens is 1. The Balaban J connectivity index is 2.06. The average Bonchev–Trinajstić information content (AvgIpc) is 2.73. The molecule has 0 aliphatic carbocycles. The van der Waals surface area contributed by atoms with Crippen LogP contribution in [-0.4, -0.2) is 42.2 Å². The van der Waals surface area contributed by atoms with Crippen molar-refractivity contribution in [3.63, 3.8) is 0 Å². The summed E-state index contributed by atoms with van der Waals surface area (Å²) < 4.78 is 5.19. The molecule has 29 heavy (non-hydrogen) atoms. The van der Waals surface area contributed by atoms with Gasteiger partial charge in [-0.1, -0.05) is 41.9 Å². The molecule has 0 spiro atoms. The van der Waals surface area contributed by atoms with E-state index in [0.29, 0.717) is 23.9 Å². The van der Waals surface area contributed by atoms with Crippen LogP contribution in [0.25, 0.3) is 0 Å². The van der Waals surface area contributed by atoms with E-state index < -0.39 is 6.04 Å². The number of likely N-dealkylation sites (N-methyl/N-ethyl adjacent to an activating group) is 1. The molecule has 1 atom stereocenters. The van der Waals surface area contributed by atoms with Crippen molar-refractivity contribution in [2.45, 2.75) is 32.2 Å². The van der Waals surface area contributed by atoms with Crippen LogP contribution >= 0.6 is 23.4 Å². The van der Waals surface area contributed by atoms with Crippen LogP contribution < -0.4 is 10.1 Å². The summed E-state index contributed by atoms with van der Waals surface area (Å²) >= 11 is 7.68. The Hall–Kier alpha value is -2.18. The maximum absolute atomic E-state index is 13.0. The van der Waals surface area contributed by atoms with Gasteiger partial charge in [-0.2, -0.15) is 0 Å². The largest absolute Gasteiger partial charge is 0.497 e. The van der Waals surface area contributed by atoms with Gasteiger partial charge in [-0.3, -0.25) is 9.59 Å². The molecule has 2 aromatic rings. The lowest BCUT2D eigenvalue weighted by Crippen LogP contribution is -2.48. The quantitative estimate of drug-likeness (QED) is 0.610. The summed E-state index contributed by atoms with van der Waals surface area (Å²) in [6.45, 7) is 4.49. The summed E-state index contributed by atoms with van der Waals surface area (Å²) in [5, 5.41) is 3.49. The first-order valence-corrected chi connectivity index (χ1v) is 11.0. The normalized spacial score (nSPS) is 11.6. The van der Waals surface area contributed by atoms with E-state index in [2.05, 4.69) is 5.32 Å². The minimum atomic E-state index is -0.564. The number of ether oxygens (including phenoxy) is 1. The smallest absolute Gasteiger partial charge is 0.242 e. The van der Waals surface area contributed by atoms with Crippen LogP contribution in [0.5, 0.6) is 5.75 Å². The molecule has 0 aliphatic rings. The lowest BCUT2D eigenvalue weighted by Gasteiger charge is -2.28. The number of carbonyl (C=O) groups is 2. The Bertz CT molecular complexity index is 814. The minimum absolute atomic E-state index is 0.0865. The number of carbonyl (C=O) groups excluding carboxylic acids is 2. The van der Waals surface area contributed by atoms with E-state index in [1.165, 1.54) is 11.8 Å². The molecular weight excluding hydrogens is 408 g/mol. The van der Waals surface area contributed by atoms with Crippen molar-refractivity contribution in [1.29, 1.82) is 0 Å². The predicted molar refractivity (Wildman–Crippen MR) is 119 cm³/mol. The Kier molecular flexibility index (Phi) is 9.35. The topological polar surface area (TPSA) is 58.6 Å². The van der Waals surface area contributed by atoms with Gasteiger partial charge in [0.2, 0.25) is 11.8 Å². The summed E-state index contributed by atoms with van der Waals surface area (Å²) in [5.74, 6) is 1.41. The van der Waals surface area contributed by atoms with E-state index >= 15 is 0 Å². The fraction of sp³-hybridized carbons (Fsp3) is 0.364. The van der Waals surface area contributed by atoms with Gasteiger partial charge in [0.25, 0.3) is 0 Å². The van der Waals surface area contributed by atoms with E-state index in [-0.39, 0.29) is 17.6 Å². The zero-order valence-electron chi connectivity index (χ0n) is 17.0. The molecule has 0 aromatic heterocycles. The average molecular weight is 435 g/mol. The second-order valence-electron chi connectivity index (χ2n) is 6.52. The second kappa shape index (κ2) is 11.7. The van der Waals surface area contributed by atoms with Gasteiger partial charge in [0.15, 0.2) is 0 Å². The highest BCUT2D eigenvalue weighted by Crippen LogP contribution is 2.22. The minimum Gasteiger partial charge on any atom is -0.497 e. The number of thioether (sulfide) groups is 1. The highest BCUT2D eigenvalue weighted by Gasteiger charge is 2.25. The van der Waals surface area contributed by atoms with E-state index in [1.807, 2.05) is 55.5 Å². The Morgan fingerprint density at radius 3 is 2.48 bits per heavy atom. The summed E-state index contributed by atoms with van der Waals surface area (Å²) in [4.78, 5) is 27.0. The van der Waals surface area contributed by atoms with Gasteiger partial charge < -0.3 is 15.0 Å². The molecule has 2 aromatic carbocycles. The van der Waals surface area contributed by atoms with Crippen LogP contribution in [0.3, 0.4) is 0 Å². The van der Waals surface area contributed by atoms with Gasteiger partial charge in [-0.05, 0) is 43.2 Å². The molecule has 0 saturated carbocycles. The van der Waals surface area contributed by atoms with Crippen molar-refractivity contribution in [2.24, 2.45) is 0 Å². The summed E-state index contributed by atoms with van der Waals surface area (Å²) in [6, 6.07) is 14.5. The number of rotatable bonds is 10. The first kappa shape index (κ1) is 23.1. The van der Waals surface area contributed by atoms with Crippen molar-refractivity contribution < 1.29 is 14.3 Å². The number of amides is 2. The summed E-state index contributed by atoms with van der Waals surface area (Å²) in [7, 11) is 1.61. The fourth-order valence-corrected chi connectivity index (χ4v) is 3.97. The zero-order chi connectivity index (χ0) is 21.2. The maximum atomic E-state index is 13.0. The van der Waals surface area contributed by atoms with Crippen LogP contribution in [0.15, 0.2) is 48.5 Å². The number of benzene rings is 2. The number of nitrogens with one attached hydrogen (secondary N) is 1. The van der Waals surface area contributed by atoms with Gasteiger partial charge in [0, 0.05) is 23.9 Å². The molecule has 1 N–H and O–H groups in total. The van der Waals surface area contributed by atoms with Gasteiger partial charge in [-0.15, -0.1) is 11.8 Å². The first-order chi connectivity index (χ1) is 14.0. The number of hydrogen-bond donors (Lipinski definition) is 1. The molecule has 7 heteroatoms. The van der Waals surface area contributed by atoms with Gasteiger partial charge >= 0.3 is 0 Å². The molecule has 0 saturated heterocycles. The van der Waals surface area contributed by atoms with Crippen molar-refractivity contribution in [1.82, 2.24) is 10.2 Å². The molecule has 156 valence electrons. The first-order valence-electron chi connectivity index (χ1n) is 9.47. The third-order valence-corrected chi connectivity index (χ3v) is 5.81. The molecule has 0 aliphatic heterocycles. The predicted octanol–water partition coefficient (Wildman–Crippen LogP) is 4.14. The van der Waals surface area contributed by atoms with E-state index in [4.69, 9.17) is 16.3 Å². The van der Waals surface area contributed by atoms with Gasteiger partial charge in [-0.25, -0.2) is 0 Å². The van der Waals surface area contributed by atoms with Crippen LogP contribution in [0.4, 0.5) is 0 Å². The Morgan fingerprint density at radius 2 is 1.86 bits per heavy atom. The van der Waals surface area contributed by atoms with E-state index in [1.54, 1.807) is 18.9 Å². The number of methoxy groups -OCH3 is 1. The van der Waals surface area contributed by atoms with E-state index in [0.717, 1.165) is 16.9 Å². The van der Waals surface area contributed by atoms with Crippen molar-refractivity contribution in [3.05, 3.63) is 64.7 Å². The Labute approximate surface area is 181 Å². The monoisotopic (exact) mass is 434 g/mol. The summed E-state index contributed by atoms with van der Waals surface area (Å²) in [5.41, 5.74) is 1.93. The van der Waals surface area contributed by atoms with Gasteiger partial charge in [0.1, 0.15) is 11.8 Å². The third-order valence-electron chi connectivity index (χ3n) is 4.47. The standard InChI is InChI=1S/C22H27ClN2O3S/c1-4-24-22(27)16(2)25(13-17-9-11-19(28-3)12-10-17)21(26)15-29-14-18-7-5-6-8-20(18)23/h5-12,16H,4,13-15H2,1-3H3,(H,24,27). The molecule has 2 amide bonds. The summed E-state index contributed by atoms with van der Waals surface area (Å²) in [6.07, 6.45) is 0. The van der Waals surface area contributed by atoms with Crippen molar-refractivity contribution in [2.75, 3.05) is 19.4 Å². The van der Waals surface area contributed by atoms with Crippen LogP contribution in [0.2, 0.25) is 5.02 Å². The number of nitrogens with zero attached hydrogens (tertiary/aromatic N) is 1. The molecule has 0 bridgehead atoms. The molecule has 5 nitrogen and oxygen atoms in total. The second-order valence-corrected chi connectivity index (χ2v) is 7.92. The molecular formula is C22H27ClN2O3S. The maximum Gasteiger partial charge on any atom is 0.242 e. The molecule has 0 fully saturated rings. The highest BCUT2D eigenvalue weighted by atomic mass is 35.5. The van der Waals surface area contributed by atoms with Crippen LogP contribution in [0.1, 0.15) is 25.0 Å². The Morgan fingerprint density at radius 1 is 1.17 bits per heavy atom. The van der Waals surface area contributed by atoms with Crippen molar-refractivity contribution >= 4 is 35.2 Å². The zero-order valence-corrected chi connectivity index (χ0v) is 18.6. The lowest BCUT2D eigenvalue weighted by atomic mass is 10.1. The molecule has 0 heterocycles. The fourth-order valence-electron chi connectivity index (χ4n) is 2.78. The molecule has 0 radical (unpaired) electrons. The lowest BCUT2D eigenvalue weighted by molar-refractivity contribution is -0.138. The van der Waals surface area contributed by atoms with Crippen molar-refractivity contribution in [3.8, 4) is 5.75 Å². The van der Waals surface area contributed by atoms with E-state index in [9.17, 15) is 9.59 Å². The molecule has 1 unspecified atom stereocenters. The highest BCUT2D eigenvalue weighted by molar-refractivity contribution is 7.99. The third kappa shape index (κ3) is 6.98.